The second-order valence-electron chi connectivity index (χ2n) is 4.58. The summed E-state index contributed by atoms with van der Waals surface area (Å²) in [6.07, 6.45) is 0. The number of nitrogen functional groups attached to an aromatic ring is 1. The third-order valence-electron chi connectivity index (χ3n) is 1.94. The van der Waals surface area contributed by atoms with Crippen LogP contribution in [-0.4, -0.2) is 18.7 Å². The normalized spacial score (nSPS) is 11.1. The van der Waals surface area contributed by atoms with Crippen LogP contribution in [-0.2, 0) is 4.74 Å². The molecule has 0 saturated carbocycles. The maximum absolute atomic E-state index is 13.6. The van der Waals surface area contributed by atoms with Gasteiger partial charge >= 0.3 is 5.97 Å². The second-order valence-corrected chi connectivity index (χ2v) is 4.58. The minimum Gasteiger partial charge on any atom is -0.494 e. The molecule has 94 valence electrons. The molecule has 1 rings (SSSR count). The van der Waals surface area contributed by atoms with Gasteiger partial charge < -0.3 is 15.2 Å². The Labute approximate surface area is 99.5 Å². The summed E-state index contributed by atoms with van der Waals surface area (Å²) >= 11 is 0. The molecule has 0 unspecified atom stereocenters. The predicted octanol–water partition coefficient (Wildman–Crippen LogP) is 2.37. The van der Waals surface area contributed by atoms with Gasteiger partial charge in [-0.15, -0.1) is 0 Å². The highest BCUT2D eigenvalue weighted by Gasteiger charge is 2.22. The zero-order chi connectivity index (χ0) is 13.2. The fourth-order valence-corrected chi connectivity index (χ4v) is 1.24. The highest BCUT2D eigenvalue weighted by Crippen LogP contribution is 2.26. The van der Waals surface area contributed by atoms with E-state index >= 15 is 0 Å². The smallest absolute Gasteiger partial charge is 0.341 e. The molecule has 0 aromatic heterocycles. The molecule has 0 aliphatic carbocycles. The van der Waals surface area contributed by atoms with Crippen molar-refractivity contribution in [1.82, 2.24) is 0 Å². The van der Waals surface area contributed by atoms with E-state index in [2.05, 4.69) is 0 Å². The first-order chi connectivity index (χ1) is 7.74. The van der Waals surface area contributed by atoms with Crippen LogP contribution in [0.1, 0.15) is 31.1 Å². The van der Waals surface area contributed by atoms with Crippen LogP contribution in [0.5, 0.6) is 5.75 Å². The first-order valence-electron chi connectivity index (χ1n) is 5.11. The zero-order valence-corrected chi connectivity index (χ0v) is 10.3. The number of nitrogens with two attached hydrogens (primary N) is 1. The molecule has 0 amide bonds. The van der Waals surface area contributed by atoms with E-state index in [9.17, 15) is 9.18 Å². The summed E-state index contributed by atoms with van der Waals surface area (Å²) in [5.41, 5.74) is 4.91. The summed E-state index contributed by atoms with van der Waals surface area (Å²) in [6, 6.07) is 2.27. The molecule has 2 N–H and O–H groups in total. The number of ether oxygens (including phenoxy) is 2. The molecular formula is C12H16FNO3. The van der Waals surface area contributed by atoms with E-state index in [0.29, 0.717) is 0 Å². The monoisotopic (exact) mass is 241 g/mol. The number of rotatable bonds is 2. The van der Waals surface area contributed by atoms with E-state index in [1.165, 1.54) is 13.2 Å². The van der Waals surface area contributed by atoms with Gasteiger partial charge in [-0.05, 0) is 26.8 Å². The number of esters is 1. The summed E-state index contributed by atoms with van der Waals surface area (Å²) in [7, 11) is 1.37. The minimum absolute atomic E-state index is 0.190. The summed E-state index contributed by atoms with van der Waals surface area (Å²) < 4.78 is 23.5. The van der Waals surface area contributed by atoms with Crippen molar-refractivity contribution in [3.8, 4) is 5.75 Å². The number of carbonyl (C=O) groups excluding carboxylic acids is 1. The lowest BCUT2D eigenvalue weighted by atomic mass is 10.1. The number of carbonyl (C=O) groups is 1. The van der Waals surface area contributed by atoms with Gasteiger partial charge in [-0.1, -0.05) is 0 Å². The Bertz CT molecular complexity index is 438. The summed E-state index contributed by atoms with van der Waals surface area (Å²) in [4.78, 5) is 11.7. The van der Waals surface area contributed by atoms with Crippen LogP contribution < -0.4 is 10.5 Å². The highest BCUT2D eigenvalue weighted by atomic mass is 19.1. The molecule has 17 heavy (non-hydrogen) atoms. The molecule has 0 heterocycles. The van der Waals surface area contributed by atoms with Crippen LogP contribution in [0.4, 0.5) is 10.1 Å². The first-order valence-corrected chi connectivity index (χ1v) is 5.11. The van der Waals surface area contributed by atoms with Crippen molar-refractivity contribution in [2.45, 2.75) is 26.4 Å². The van der Waals surface area contributed by atoms with Gasteiger partial charge in [0, 0.05) is 6.07 Å². The number of halogens is 1. The maximum atomic E-state index is 13.6. The molecule has 0 fully saturated rings. The van der Waals surface area contributed by atoms with Crippen LogP contribution in [0, 0.1) is 5.82 Å². The molecule has 0 radical (unpaired) electrons. The molecule has 1 aromatic rings. The lowest BCUT2D eigenvalue weighted by molar-refractivity contribution is 0.00648. The second kappa shape index (κ2) is 4.61. The van der Waals surface area contributed by atoms with Crippen molar-refractivity contribution in [3.05, 3.63) is 23.5 Å². The first kappa shape index (κ1) is 13.3. The Balaban J connectivity index is 3.07. The van der Waals surface area contributed by atoms with Crippen molar-refractivity contribution < 1.29 is 18.7 Å². The summed E-state index contributed by atoms with van der Waals surface area (Å²) in [6.45, 7) is 5.11. The van der Waals surface area contributed by atoms with Gasteiger partial charge in [0.25, 0.3) is 0 Å². The lowest BCUT2D eigenvalue weighted by Crippen LogP contribution is -2.24. The number of hydrogen-bond acceptors (Lipinski definition) is 4. The van der Waals surface area contributed by atoms with Crippen LogP contribution in [0.15, 0.2) is 12.1 Å². The molecule has 0 spiro atoms. The Morgan fingerprint density at radius 2 is 1.94 bits per heavy atom. The lowest BCUT2D eigenvalue weighted by Gasteiger charge is -2.20. The fourth-order valence-electron chi connectivity index (χ4n) is 1.24. The van der Waals surface area contributed by atoms with Gasteiger partial charge in [0.2, 0.25) is 0 Å². The van der Waals surface area contributed by atoms with Crippen LogP contribution in [0.2, 0.25) is 0 Å². The predicted molar refractivity (Wildman–Crippen MR) is 62.5 cm³/mol. The van der Waals surface area contributed by atoms with Crippen molar-refractivity contribution in [2.24, 2.45) is 0 Å². The number of anilines is 1. The Morgan fingerprint density at radius 3 is 2.41 bits per heavy atom. The van der Waals surface area contributed by atoms with E-state index in [4.69, 9.17) is 15.2 Å². The van der Waals surface area contributed by atoms with Gasteiger partial charge in [0.1, 0.15) is 17.2 Å². The number of benzene rings is 1. The van der Waals surface area contributed by atoms with E-state index in [1.54, 1.807) is 20.8 Å². The van der Waals surface area contributed by atoms with Gasteiger partial charge in [0.05, 0.1) is 18.4 Å². The van der Waals surface area contributed by atoms with Gasteiger partial charge in [-0.2, -0.15) is 0 Å². The molecule has 0 saturated heterocycles. The molecular weight excluding hydrogens is 225 g/mol. The Morgan fingerprint density at radius 1 is 1.35 bits per heavy atom. The quantitative estimate of drug-likeness (QED) is 0.637. The van der Waals surface area contributed by atoms with Crippen molar-refractivity contribution in [2.75, 3.05) is 12.8 Å². The van der Waals surface area contributed by atoms with Crippen molar-refractivity contribution in [1.29, 1.82) is 0 Å². The van der Waals surface area contributed by atoms with Crippen molar-refractivity contribution in [3.63, 3.8) is 0 Å². The molecule has 4 nitrogen and oxygen atoms in total. The third kappa shape index (κ3) is 3.34. The number of hydrogen-bond donors (Lipinski definition) is 1. The van der Waals surface area contributed by atoms with E-state index in [1.807, 2.05) is 0 Å². The third-order valence-corrected chi connectivity index (χ3v) is 1.94. The highest BCUT2D eigenvalue weighted by molar-refractivity contribution is 5.91. The minimum atomic E-state index is -0.746. The van der Waals surface area contributed by atoms with Crippen LogP contribution >= 0.6 is 0 Å². The Hall–Kier alpha value is -1.78. The van der Waals surface area contributed by atoms with Gasteiger partial charge in [0.15, 0.2) is 0 Å². The Kier molecular flexibility index (Phi) is 3.60. The zero-order valence-electron chi connectivity index (χ0n) is 10.3. The molecule has 0 aliphatic heterocycles. The largest absolute Gasteiger partial charge is 0.494 e. The summed E-state index contributed by atoms with van der Waals surface area (Å²) in [5.74, 6) is -1.27. The summed E-state index contributed by atoms with van der Waals surface area (Å²) in [5, 5.41) is 0. The molecule has 0 atom stereocenters. The van der Waals surface area contributed by atoms with Crippen LogP contribution in [0.25, 0.3) is 0 Å². The standard InChI is InChI=1S/C12H16FNO3/c1-12(2,3)17-11(15)7-5-9(14)10(16-4)6-8(7)13/h5-6H,14H2,1-4H3. The van der Waals surface area contributed by atoms with E-state index < -0.39 is 17.4 Å². The number of methoxy groups -OCH3 is 1. The average Bonchev–Trinajstić information content (AvgIpc) is 2.18. The molecule has 5 heteroatoms. The molecule has 0 aliphatic rings. The fraction of sp³-hybridized carbons (Fsp3) is 0.417. The molecule has 1 aromatic carbocycles. The van der Waals surface area contributed by atoms with E-state index in [0.717, 1.165) is 6.07 Å². The van der Waals surface area contributed by atoms with Gasteiger partial charge in [-0.3, -0.25) is 0 Å². The average molecular weight is 241 g/mol. The maximum Gasteiger partial charge on any atom is 0.341 e. The van der Waals surface area contributed by atoms with Crippen LogP contribution in [0.3, 0.4) is 0 Å². The van der Waals surface area contributed by atoms with Crippen molar-refractivity contribution >= 4 is 11.7 Å². The molecule has 0 bridgehead atoms. The SMILES string of the molecule is COc1cc(F)c(C(=O)OC(C)(C)C)cc1N. The van der Waals surface area contributed by atoms with E-state index in [-0.39, 0.29) is 17.0 Å². The topological polar surface area (TPSA) is 61.5 Å². The van der Waals surface area contributed by atoms with Gasteiger partial charge in [-0.25, -0.2) is 9.18 Å².